The first-order valence-electron chi connectivity index (χ1n) is 9.18. The van der Waals surface area contributed by atoms with Gasteiger partial charge in [0.2, 0.25) is 0 Å². The second-order valence-corrected chi connectivity index (χ2v) is 6.42. The number of hydrogen-bond acceptors (Lipinski definition) is 5. The lowest BCUT2D eigenvalue weighted by Gasteiger charge is -2.19. The van der Waals surface area contributed by atoms with E-state index in [1.165, 1.54) is 13.2 Å². The van der Waals surface area contributed by atoms with E-state index in [0.717, 1.165) is 23.6 Å². The number of aryl methyl sites for hydroxylation is 1. The zero-order valence-corrected chi connectivity index (χ0v) is 19.9. The Hall–Kier alpha value is -1.95. The van der Waals surface area contributed by atoms with Crippen molar-refractivity contribution in [2.75, 3.05) is 27.4 Å². The molecule has 1 aromatic carbocycles. The van der Waals surface area contributed by atoms with Gasteiger partial charge in [-0.2, -0.15) is 0 Å². The lowest BCUT2D eigenvalue weighted by molar-refractivity contribution is 0.195. The van der Waals surface area contributed by atoms with Gasteiger partial charge in [0.1, 0.15) is 12.4 Å². The fraction of sp³-hybridized carbons (Fsp3) is 0.526. The smallest absolute Gasteiger partial charge is 0.192 e. The number of halogens is 2. The number of aliphatic imine (C=N–C) groups is 1. The average Bonchev–Trinajstić information content (AvgIpc) is 3.01. The first-order chi connectivity index (χ1) is 13.5. The lowest BCUT2D eigenvalue weighted by Crippen LogP contribution is -2.39. The number of benzene rings is 1. The molecule has 2 rings (SSSR count). The molecule has 8 nitrogen and oxygen atoms in total. The summed E-state index contributed by atoms with van der Waals surface area (Å²) in [5, 5.41) is 14.8. The van der Waals surface area contributed by atoms with Crippen molar-refractivity contribution >= 4 is 29.9 Å². The maximum Gasteiger partial charge on any atom is 0.192 e. The zero-order chi connectivity index (χ0) is 20.5. The van der Waals surface area contributed by atoms with Gasteiger partial charge in [0.25, 0.3) is 0 Å². The number of ether oxygens (including phenoxy) is 2. The van der Waals surface area contributed by atoms with Gasteiger partial charge < -0.3 is 24.7 Å². The van der Waals surface area contributed by atoms with E-state index in [2.05, 4.69) is 25.8 Å². The van der Waals surface area contributed by atoms with Gasteiger partial charge in [0.05, 0.1) is 13.2 Å². The Kier molecular flexibility index (Phi) is 10.9. The molecular weight excluding hydrogens is 490 g/mol. The van der Waals surface area contributed by atoms with Crippen LogP contribution in [0.3, 0.4) is 0 Å². The van der Waals surface area contributed by atoms with Crippen LogP contribution in [-0.2, 0) is 18.3 Å². The van der Waals surface area contributed by atoms with E-state index < -0.39 is 5.82 Å². The van der Waals surface area contributed by atoms with Gasteiger partial charge >= 0.3 is 0 Å². The molecule has 2 aromatic rings. The van der Waals surface area contributed by atoms with Crippen LogP contribution in [0.1, 0.15) is 36.6 Å². The summed E-state index contributed by atoms with van der Waals surface area (Å²) >= 11 is 0. The van der Waals surface area contributed by atoms with Crippen LogP contribution in [-0.4, -0.2) is 48.1 Å². The molecular formula is C19H30FIN6O2. The molecule has 0 saturated carbocycles. The number of methoxy groups -OCH3 is 2. The molecule has 2 N–H and O–H groups in total. The summed E-state index contributed by atoms with van der Waals surface area (Å²) in [6.45, 7) is 5.56. The topological polar surface area (TPSA) is 85.6 Å². The van der Waals surface area contributed by atoms with Gasteiger partial charge in [-0.25, -0.2) is 9.38 Å². The summed E-state index contributed by atoms with van der Waals surface area (Å²) in [6.07, 6.45) is 0.839. The molecule has 1 aromatic heterocycles. The van der Waals surface area contributed by atoms with Gasteiger partial charge in [-0.15, -0.1) is 34.2 Å². The summed E-state index contributed by atoms with van der Waals surface area (Å²) in [6, 6.07) is 4.75. The average molecular weight is 520 g/mol. The van der Waals surface area contributed by atoms with Crippen molar-refractivity contribution in [1.82, 2.24) is 25.4 Å². The summed E-state index contributed by atoms with van der Waals surface area (Å²) < 4.78 is 26.0. The molecule has 0 radical (unpaired) electrons. The van der Waals surface area contributed by atoms with Crippen LogP contribution in [0.2, 0.25) is 0 Å². The van der Waals surface area contributed by atoms with Crippen molar-refractivity contribution in [2.45, 2.75) is 32.9 Å². The van der Waals surface area contributed by atoms with Gasteiger partial charge in [0, 0.05) is 27.3 Å². The zero-order valence-electron chi connectivity index (χ0n) is 17.5. The summed E-state index contributed by atoms with van der Waals surface area (Å²) in [5.74, 6) is 2.03. The third kappa shape index (κ3) is 7.42. The largest absolute Gasteiger partial charge is 0.494 e. The van der Waals surface area contributed by atoms with Crippen LogP contribution < -0.4 is 15.4 Å². The second kappa shape index (κ2) is 12.6. The molecule has 0 amide bonds. The van der Waals surface area contributed by atoms with E-state index in [1.807, 2.05) is 31.5 Å². The number of guanidine groups is 1. The van der Waals surface area contributed by atoms with Crippen LogP contribution >= 0.6 is 24.0 Å². The first-order valence-corrected chi connectivity index (χ1v) is 9.18. The second-order valence-electron chi connectivity index (χ2n) is 6.42. The number of nitrogens with zero attached hydrogens (tertiary/aromatic N) is 4. The first kappa shape index (κ1) is 25.1. The minimum absolute atomic E-state index is 0. The Labute approximate surface area is 188 Å². The van der Waals surface area contributed by atoms with Crippen LogP contribution in [0.15, 0.2) is 23.2 Å². The quantitative estimate of drug-likeness (QED) is 0.229. The van der Waals surface area contributed by atoms with Crippen LogP contribution in [0, 0.1) is 12.7 Å². The fourth-order valence-electron chi connectivity index (χ4n) is 2.55. The molecule has 1 unspecified atom stereocenters. The molecule has 1 atom stereocenters. The number of nitrogens with one attached hydrogen (secondary N) is 2. The summed E-state index contributed by atoms with van der Waals surface area (Å²) in [7, 11) is 5.02. The molecule has 0 aliphatic carbocycles. The molecule has 0 saturated heterocycles. The van der Waals surface area contributed by atoms with E-state index in [1.54, 1.807) is 13.2 Å². The Morgan fingerprint density at radius 1 is 1.31 bits per heavy atom. The standard InChI is InChI=1S/C19H29FN6O2.HI/c1-13(15-7-8-17(28-5)16(20)11-15)23-19(21-9-6-10-27-4)22-12-18-25-24-14(2)26(18)3;/h7-8,11,13H,6,9-10,12H2,1-5H3,(H2,21,22,23);1H. The van der Waals surface area contributed by atoms with Gasteiger partial charge in [-0.05, 0) is 38.0 Å². The third-order valence-corrected chi connectivity index (χ3v) is 4.41. The molecule has 29 heavy (non-hydrogen) atoms. The van der Waals surface area contributed by atoms with E-state index in [-0.39, 0.29) is 35.8 Å². The van der Waals surface area contributed by atoms with Crippen molar-refractivity contribution in [1.29, 1.82) is 0 Å². The number of hydrogen-bond donors (Lipinski definition) is 2. The Morgan fingerprint density at radius 2 is 2.07 bits per heavy atom. The maximum absolute atomic E-state index is 14.0. The van der Waals surface area contributed by atoms with Crippen LogP contribution in [0.4, 0.5) is 4.39 Å². The molecule has 0 aliphatic rings. The SMILES string of the molecule is COCCCNC(=NCc1nnc(C)n1C)NC(C)c1ccc(OC)c(F)c1.I. The number of rotatable bonds is 9. The van der Waals surface area contributed by atoms with Crippen molar-refractivity contribution in [3.05, 3.63) is 41.2 Å². The van der Waals surface area contributed by atoms with Crippen molar-refractivity contribution in [3.8, 4) is 5.75 Å². The molecule has 0 bridgehead atoms. The Morgan fingerprint density at radius 3 is 2.66 bits per heavy atom. The molecule has 0 fully saturated rings. The molecule has 0 aliphatic heterocycles. The van der Waals surface area contributed by atoms with E-state index in [9.17, 15) is 4.39 Å². The predicted octanol–water partition coefficient (Wildman–Crippen LogP) is 2.72. The summed E-state index contributed by atoms with van der Waals surface area (Å²) in [5.41, 5.74) is 0.791. The van der Waals surface area contributed by atoms with Crippen LogP contribution in [0.25, 0.3) is 0 Å². The minimum atomic E-state index is -0.394. The minimum Gasteiger partial charge on any atom is -0.494 e. The molecule has 162 valence electrons. The summed E-state index contributed by atoms with van der Waals surface area (Å²) in [4.78, 5) is 4.60. The molecule has 1 heterocycles. The van der Waals surface area contributed by atoms with Gasteiger partial charge in [-0.1, -0.05) is 6.07 Å². The Bertz CT molecular complexity index is 799. The van der Waals surface area contributed by atoms with E-state index >= 15 is 0 Å². The highest BCUT2D eigenvalue weighted by molar-refractivity contribution is 14.0. The fourth-order valence-corrected chi connectivity index (χ4v) is 2.55. The monoisotopic (exact) mass is 520 g/mol. The molecule has 0 spiro atoms. The van der Waals surface area contributed by atoms with Gasteiger partial charge in [-0.3, -0.25) is 0 Å². The van der Waals surface area contributed by atoms with Crippen LogP contribution in [0.5, 0.6) is 5.75 Å². The highest BCUT2D eigenvalue weighted by atomic mass is 127. The Balaban J connectivity index is 0.00000420. The van der Waals surface area contributed by atoms with Gasteiger partial charge in [0.15, 0.2) is 23.4 Å². The maximum atomic E-state index is 14.0. The lowest BCUT2D eigenvalue weighted by atomic mass is 10.1. The third-order valence-electron chi connectivity index (χ3n) is 4.41. The van der Waals surface area contributed by atoms with Crippen molar-refractivity contribution in [2.24, 2.45) is 12.0 Å². The normalized spacial score (nSPS) is 12.3. The van der Waals surface area contributed by atoms with E-state index in [4.69, 9.17) is 9.47 Å². The molecule has 10 heteroatoms. The van der Waals surface area contributed by atoms with E-state index in [0.29, 0.717) is 25.7 Å². The highest BCUT2D eigenvalue weighted by Crippen LogP contribution is 2.21. The predicted molar refractivity (Wildman–Crippen MR) is 121 cm³/mol. The van der Waals surface area contributed by atoms with Crippen molar-refractivity contribution in [3.63, 3.8) is 0 Å². The number of aromatic nitrogens is 3. The van der Waals surface area contributed by atoms with Crippen molar-refractivity contribution < 1.29 is 13.9 Å². The highest BCUT2D eigenvalue weighted by Gasteiger charge is 2.12.